The Balaban J connectivity index is 1.71. The van der Waals surface area contributed by atoms with Gasteiger partial charge >= 0.3 is 0 Å². The molecule has 1 amide bonds. The second kappa shape index (κ2) is 8.67. The molecule has 2 aromatic rings. The molecule has 3 rings (SSSR count). The van der Waals surface area contributed by atoms with Crippen LogP contribution < -0.4 is 5.32 Å². The van der Waals surface area contributed by atoms with E-state index >= 15 is 0 Å². The number of benzene rings is 2. The van der Waals surface area contributed by atoms with Crippen LogP contribution in [0.4, 0.5) is 0 Å². The van der Waals surface area contributed by atoms with Crippen molar-refractivity contribution in [3.8, 4) is 0 Å². The lowest BCUT2D eigenvalue weighted by Crippen LogP contribution is -2.48. The SMILES string of the molecule is Cc1ccc(C(=O)NCC(c2ccc(Cl)cc2)N2CCN(C)CC2)cc1. The Bertz CT molecular complexity index is 722. The van der Waals surface area contributed by atoms with Crippen LogP contribution in [0.3, 0.4) is 0 Å². The average Bonchev–Trinajstić information content (AvgIpc) is 2.65. The largest absolute Gasteiger partial charge is 0.350 e. The number of likely N-dealkylation sites (N-methyl/N-ethyl adjacent to an activating group) is 1. The highest BCUT2D eigenvalue weighted by Crippen LogP contribution is 2.23. The molecule has 0 radical (unpaired) electrons. The van der Waals surface area contributed by atoms with Crippen LogP contribution in [-0.2, 0) is 0 Å². The number of carbonyl (C=O) groups is 1. The fourth-order valence-electron chi connectivity index (χ4n) is 3.27. The Morgan fingerprint density at radius 1 is 1.04 bits per heavy atom. The van der Waals surface area contributed by atoms with Gasteiger partial charge in [-0.15, -0.1) is 0 Å². The van der Waals surface area contributed by atoms with Crippen LogP contribution >= 0.6 is 11.6 Å². The van der Waals surface area contributed by atoms with Gasteiger partial charge in [0.05, 0.1) is 6.04 Å². The van der Waals surface area contributed by atoms with Gasteiger partial charge in [0.15, 0.2) is 0 Å². The maximum absolute atomic E-state index is 12.5. The molecule has 0 spiro atoms. The number of piperazine rings is 1. The van der Waals surface area contributed by atoms with Crippen LogP contribution in [0.1, 0.15) is 27.5 Å². The second-order valence-electron chi connectivity index (χ2n) is 6.98. The van der Waals surface area contributed by atoms with Crippen LogP contribution in [0, 0.1) is 6.92 Å². The third-order valence-corrected chi connectivity index (χ3v) is 5.26. The van der Waals surface area contributed by atoms with Crippen molar-refractivity contribution >= 4 is 17.5 Å². The molecule has 0 bridgehead atoms. The minimum atomic E-state index is -0.0295. The molecule has 1 unspecified atom stereocenters. The second-order valence-corrected chi connectivity index (χ2v) is 7.42. The standard InChI is InChI=1S/C21H26ClN3O/c1-16-3-5-18(6-4-16)21(26)23-15-20(17-7-9-19(22)10-8-17)25-13-11-24(2)12-14-25/h3-10,20H,11-15H2,1-2H3,(H,23,26). The molecule has 1 aliphatic rings. The third kappa shape index (κ3) is 4.85. The topological polar surface area (TPSA) is 35.6 Å². The zero-order valence-corrected chi connectivity index (χ0v) is 16.2. The summed E-state index contributed by atoms with van der Waals surface area (Å²) in [6.45, 7) is 6.66. The summed E-state index contributed by atoms with van der Waals surface area (Å²) in [6.07, 6.45) is 0. The molecular formula is C21H26ClN3O. The van der Waals surface area contributed by atoms with Crippen LogP contribution in [0.2, 0.25) is 5.02 Å². The number of nitrogens with one attached hydrogen (secondary N) is 1. The van der Waals surface area contributed by atoms with E-state index in [9.17, 15) is 4.79 Å². The number of carbonyl (C=O) groups excluding carboxylic acids is 1. The van der Waals surface area contributed by atoms with Gasteiger partial charge in [-0.2, -0.15) is 0 Å². The highest BCUT2D eigenvalue weighted by Gasteiger charge is 2.24. The van der Waals surface area contributed by atoms with E-state index in [2.05, 4.69) is 34.3 Å². The van der Waals surface area contributed by atoms with Crippen molar-refractivity contribution in [2.45, 2.75) is 13.0 Å². The quantitative estimate of drug-likeness (QED) is 0.875. The molecule has 26 heavy (non-hydrogen) atoms. The van der Waals surface area contributed by atoms with Crippen molar-refractivity contribution in [2.75, 3.05) is 39.8 Å². The summed E-state index contributed by atoms with van der Waals surface area (Å²) in [7, 11) is 2.15. The van der Waals surface area contributed by atoms with Crippen molar-refractivity contribution < 1.29 is 4.79 Å². The first-order valence-electron chi connectivity index (χ1n) is 9.06. The highest BCUT2D eigenvalue weighted by atomic mass is 35.5. The predicted molar refractivity (Wildman–Crippen MR) is 107 cm³/mol. The fraction of sp³-hybridized carbons (Fsp3) is 0.381. The fourth-order valence-corrected chi connectivity index (χ4v) is 3.40. The van der Waals surface area contributed by atoms with E-state index < -0.39 is 0 Å². The maximum atomic E-state index is 12.5. The predicted octanol–water partition coefficient (Wildman–Crippen LogP) is 3.37. The van der Waals surface area contributed by atoms with Crippen LogP contribution in [0.5, 0.6) is 0 Å². The van der Waals surface area contributed by atoms with Gasteiger partial charge in [-0.05, 0) is 43.8 Å². The number of rotatable bonds is 5. The molecule has 1 aliphatic heterocycles. The number of amides is 1. The van der Waals surface area contributed by atoms with Gasteiger partial charge in [-0.25, -0.2) is 0 Å². The van der Waals surface area contributed by atoms with Crippen molar-refractivity contribution in [2.24, 2.45) is 0 Å². The first-order valence-corrected chi connectivity index (χ1v) is 9.43. The minimum Gasteiger partial charge on any atom is -0.350 e. The lowest BCUT2D eigenvalue weighted by molar-refractivity contribution is 0.0886. The molecule has 138 valence electrons. The zero-order valence-electron chi connectivity index (χ0n) is 15.4. The van der Waals surface area contributed by atoms with E-state index in [1.807, 2.05) is 43.3 Å². The molecule has 2 aromatic carbocycles. The number of nitrogens with zero attached hydrogens (tertiary/aromatic N) is 2. The normalized spacial score (nSPS) is 17.0. The Labute approximate surface area is 160 Å². The minimum absolute atomic E-state index is 0.0295. The van der Waals surface area contributed by atoms with Gasteiger partial charge in [0.1, 0.15) is 0 Å². The molecule has 1 fully saturated rings. The van der Waals surface area contributed by atoms with Crippen LogP contribution in [0.25, 0.3) is 0 Å². The smallest absolute Gasteiger partial charge is 0.251 e. The van der Waals surface area contributed by atoms with Crippen molar-refractivity contribution in [1.29, 1.82) is 0 Å². The van der Waals surface area contributed by atoms with Crippen LogP contribution in [-0.4, -0.2) is 55.5 Å². The van der Waals surface area contributed by atoms with Crippen LogP contribution in [0.15, 0.2) is 48.5 Å². The van der Waals surface area contributed by atoms with Gasteiger partial charge in [-0.3, -0.25) is 9.69 Å². The van der Waals surface area contributed by atoms with E-state index in [-0.39, 0.29) is 11.9 Å². The number of hydrogen-bond acceptors (Lipinski definition) is 3. The molecule has 0 aromatic heterocycles. The molecule has 1 heterocycles. The van der Waals surface area contributed by atoms with Gasteiger partial charge in [0, 0.05) is 43.3 Å². The van der Waals surface area contributed by atoms with E-state index in [0.717, 1.165) is 36.8 Å². The number of hydrogen-bond donors (Lipinski definition) is 1. The molecule has 1 N–H and O–H groups in total. The van der Waals surface area contributed by atoms with Gasteiger partial charge in [0.2, 0.25) is 0 Å². The summed E-state index contributed by atoms with van der Waals surface area (Å²) in [6, 6.07) is 15.8. The molecule has 4 nitrogen and oxygen atoms in total. The summed E-state index contributed by atoms with van der Waals surface area (Å²) in [5.41, 5.74) is 3.03. The molecule has 0 saturated carbocycles. The monoisotopic (exact) mass is 371 g/mol. The Kier molecular flexibility index (Phi) is 6.30. The lowest BCUT2D eigenvalue weighted by atomic mass is 10.0. The van der Waals surface area contributed by atoms with E-state index in [4.69, 9.17) is 11.6 Å². The average molecular weight is 372 g/mol. The summed E-state index contributed by atoms with van der Waals surface area (Å²) < 4.78 is 0. The third-order valence-electron chi connectivity index (χ3n) is 5.00. The Morgan fingerprint density at radius 3 is 2.27 bits per heavy atom. The van der Waals surface area contributed by atoms with Crippen molar-refractivity contribution in [3.63, 3.8) is 0 Å². The summed E-state index contributed by atoms with van der Waals surface area (Å²) in [5, 5.41) is 3.84. The number of halogens is 1. The molecule has 5 heteroatoms. The Morgan fingerprint density at radius 2 is 1.65 bits per heavy atom. The van der Waals surface area contributed by atoms with Crippen molar-refractivity contribution in [3.05, 3.63) is 70.2 Å². The lowest BCUT2D eigenvalue weighted by Gasteiger charge is -2.38. The first kappa shape index (κ1) is 18.9. The zero-order chi connectivity index (χ0) is 18.5. The van der Waals surface area contributed by atoms with Crippen molar-refractivity contribution in [1.82, 2.24) is 15.1 Å². The summed E-state index contributed by atoms with van der Waals surface area (Å²) >= 11 is 6.05. The Hall–Kier alpha value is -1.88. The molecular weight excluding hydrogens is 346 g/mol. The molecule has 1 atom stereocenters. The molecule has 0 aliphatic carbocycles. The van der Waals surface area contributed by atoms with Gasteiger partial charge in [0.25, 0.3) is 5.91 Å². The summed E-state index contributed by atoms with van der Waals surface area (Å²) in [5.74, 6) is -0.0295. The van der Waals surface area contributed by atoms with E-state index in [1.54, 1.807) is 0 Å². The van der Waals surface area contributed by atoms with E-state index in [1.165, 1.54) is 5.56 Å². The van der Waals surface area contributed by atoms with Gasteiger partial charge in [-0.1, -0.05) is 41.4 Å². The number of aryl methyl sites for hydroxylation is 1. The maximum Gasteiger partial charge on any atom is 0.251 e. The first-order chi connectivity index (χ1) is 12.5. The van der Waals surface area contributed by atoms with Gasteiger partial charge < -0.3 is 10.2 Å². The van der Waals surface area contributed by atoms with E-state index in [0.29, 0.717) is 12.1 Å². The molecule has 1 saturated heterocycles. The summed E-state index contributed by atoms with van der Waals surface area (Å²) in [4.78, 5) is 17.3. The highest BCUT2D eigenvalue weighted by molar-refractivity contribution is 6.30.